The van der Waals surface area contributed by atoms with E-state index in [1.54, 1.807) is 0 Å². The molecule has 1 aromatic heterocycles. The molecule has 0 unspecified atom stereocenters. The molecular formula is C48H33NO. The third kappa shape index (κ3) is 5.15. The fraction of sp³-hybridized carbons (Fsp3) is 0. The van der Waals surface area contributed by atoms with E-state index < -0.39 is 0 Å². The number of nitrogens with zero attached hydrogens (tertiary/aromatic N) is 1. The molecule has 0 aliphatic carbocycles. The van der Waals surface area contributed by atoms with Crippen LogP contribution in [0.5, 0.6) is 0 Å². The highest BCUT2D eigenvalue weighted by Crippen LogP contribution is 2.49. The van der Waals surface area contributed by atoms with E-state index in [4.69, 9.17) is 4.42 Å². The van der Waals surface area contributed by atoms with Crippen LogP contribution in [0.15, 0.2) is 205 Å². The normalized spacial score (nSPS) is 11.2. The summed E-state index contributed by atoms with van der Waals surface area (Å²) in [5, 5.41) is 2.20. The maximum absolute atomic E-state index is 6.71. The Balaban J connectivity index is 1.33. The molecule has 9 rings (SSSR count). The lowest BCUT2D eigenvalue weighted by molar-refractivity contribution is 0.669. The molecule has 0 saturated heterocycles. The van der Waals surface area contributed by atoms with Crippen LogP contribution in [0.25, 0.3) is 66.4 Å². The van der Waals surface area contributed by atoms with Gasteiger partial charge in [0.1, 0.15) is 5.58 Å². The third-order valence-electron chi connectivity index (χ3n) is 9.52. The van der Waals surface area contributed by atoms with E-state index in [-0.39, 0.29) is 0 Å². The van der Waals surface area contributed by atoms with Crippen LogP contribution in [0.3, 0.4) is 0 Å². The highest BCUT2D eigenvalue weighted by Gasteiger charge is 2.25. The predicted molar refractivity (Wildman–Crippen MR) is 210 cm³/mol. The molecule has 9 aromatic rings. The predicted octanol–water partition coefficient (Wildman–Crippen LogP) is 13.7. The Morgan fingerprint density at radius 3 is 1.38 bits per heavy atom. The van der Waals surface area contributed by atoms with Crippen molar-refractivity contribution in [3.63, 3.8) is 0 Å². The molecule has 1 heterocycles. The molecule has 8 aromatic carbocycles. The molecule has 0 aliphatic heterocycles. The average Bonchev–Trinajstić information content (AvgIpc) is 3.59. The first-order valence-corrected chi connectivity index (χ1v) is 17.0. The van der Waals surface area contributed by atoms with Crippen molar-refractivity contribution in [3.8, 4) is 44.5 Å². The zero-order valence-corrected chi connectivity index (χ0v) is 27.4. The van der Waals surface area contributed by atoms with Crippen LogP contribution in [-0.4, -0.2) is 0 Å². The van der Waals surface area contributed by atoms with Crippen LogP contribution in [0.4, 0.5) is 17.1 Å². The first-order chi connectivity index (χ1) is 24.8. The summed E-state index contributed by atoms with van der Waals surface area (Å²) >= 11 is 0. The summed E-state index contributed by atoms with van der Waals surface area (Å²) in [6.07, 6.45) is 0. The summed E-state index contributed by atoms with van der Waals surface area (Å²) in [7, 11) is 0. The van der Waals surface area contributed by atoms with Crippen molar-refractivity contribution in [2.45, 2.75) is 0 Å². The van der Waals surface area contributed by atoms with Gasteiger partial charge in [0.05, 0.1) is 17.1 Å². The molecule has 0 N–H and O–H groups in total. The van der Waals surface area contributed by atoms with E-state index in [1.165, 1.54) is 22.3 Å². The molecule has 0 fully saturated rings. The van der Waals surface area contributed by atoms with E-state index in [1.807, 2.05) is 6.07 Å². The van der Waals surface area contributed by atoms with Gasteiger partial charge in [-0.2, -0.15) is 0 Å². The van der Waals surface area contributed by atoms with Crippen LogP contribution in [0.1, 0.15) is 0 Å². The lowest BCUT2D eigenvalue weighted by Crippen LogP contribution is -2.13. The smallest absolute Gasteiger partial charge is 0.159 e. The Labute approximate surface area is 292 Å². The van der Waals surface area contributed by atoms with Crippen molar-refractivity contribution in [3.05, 3.63) is 200 Å². The van der Waals surface area contributed by atoms with Crippen molar-refractivity contribution in [1.29, 1.82) is 0 Å². The third-order valence-corrected chi connectivity index (χ3v) is 9.52. The van der Waals surface area contributed by atoms with E-state index in [0.29, 0.717) is 0 Å². The first kappa shape index (κ1) is 29.5. The van der Waals surface area contributed by atoms with Gasteiger partial charge in [-0.25, -0.2) is 0 Å². The van der Waals surface area contributed by atoms with Gasteiger partial charge in [-0.1, -0.05) is 176 Å². The number of hydrogen-bond donors (Lipinski definition) is 0. The molecule has 0 saturated carbocycles. The van der Waals surface area contributed by atoms with Crippen LogP contribution < -0.4 is 4.90 Å². The summed E-state index contributed by atoms with van der Waals surface area (Å²) in [6, 6.07) is 71.0. The number of fused-ring (bicyclic) bond motifs is 3. The monoisotopic (exact) mass is 639 g/mol. The van der Waals surface area contributed by atoms with Crippen molar-refractivity contribution < 1.29 is 4.42 Å². The molecule has 0 atom stereocenters. The largest absolute Gasteiger partial charge is 0.454 e. The van der Waals surface area contributed by atoms with Crippen LogP contribution in [-0.2, 0) is 0 Å². The van der Waals surface area contributed by atoms with Gasteiger partial charge in [-0.05, 0) is 57.6 Å². The molecule has 236 valence electrons. The maximum atomic E-state index is 6.71. The van der Waals surface area contributed by atoms with E-state index in [0.717, 1.165) is 61.3 Å². The number of hydrogen-bond acceptors (Lipinski definition) is 2. The van der Waals surface area contributed by atoms with Gasteiger partial charge in [-0.3, -0.25) is 0 Å². The van der Waals surface area contributed by atoms with Crippen LogP contribution in [0.2, 0.25) is 0 Å². The van der Waals surface area contributed by atoms with Crippen molar-refractivity contribution in [1.82, 2.24) is 0 Å². The van der Waals surface area contributed by atoms with E-state index in [9.17, 15) is 0 Å². The minimum Gasteiger partial charge on any atom is -0.454 e. The minimum absolute atomic E-state index is 0.856. The average molecular weight is 640 g/mol. The van der Waals surface area contributed by atoms with Gasteiger partial charge in [0.2, 0.25) is 0 Å². The second kappa shape index (κ2) is 12.8. The Morgan fingerprint density at radius 1 is 0.280 bits per heavy atom. The molecule has 0 amide bonds. The number of furan rings is 1. The Kier molecular flexibility index (Phi) is 7.53. The number of para-hydroxylation sites is 4. The van der Waals surface area contributed by atoms with Gasteiger partial charge in [0, 0.05) is 21.9 Å². The Hall–Kier alpha value is -6.64. The van der Waals surface area contributed by atoms with Crippen molar-refractivity contribution >= 4 is 39.0 Å². The highest BCUT2D eigenvalue weighted by molar-refractivity contribution is 6.11. The topological polar surface area (TPSA) is 16.4 Å². The molecule has 0 radical (unpaired) electrons. The van der Waals surface area contributed by atoms with Crippen molar-refractivity contribution in [2.24, 2.45) is 0 Å². The molecule has 2 heteroatoms. The standard InChI is InChI=1S/C48H33NO/c1-3-18-34(19-4-1)36-22-7-8-24-38(36)39-25-9-10-26-40(39)41-27-12-15-31-45(41)49(44-30-14-11-23-37(44)35-20-5-2-6-21-35)46-32-17-29-43-42-28-13-16-33-47(42)50-48(43)46/h1-33H. The number of benzene rings is 8. The zero-order valence-electron chi connectivity index (χ0n) is 27.4. The molecule has 0 bridgehead atoms. The second-order valence-electron chi connectivity index (χ2n) is 12.4. The molecular weight excluding hydrogens is 607 g/mol. The van der Waals surface area contributed by atoms with Crippen molar-refractivity contribution in [2.75, 3.05) is 4.90 Å². The quantitative estimate of drug-likeness (QED) is 0.173. The lowest BCUT2D eigenvalue weighted by atomic mass is 9.88. The zero-order chi connectivity index (χ0) is 33.3. The van der Waals surface area contributed by atoms with Gasteiger partial charge in [0.25, 0.3) is 0 Å². The highest BCUT2D eigenvalue weighted by atomic mass is 16.3. The molecule has 0 spiro atoms. The summed E-state index contributed by atoms with van der Waals surface area (Å²) in [5.74, 6) is 0. The number of anilines is 3. The lowest BCUT2D eigenvalue weighted by Gasteiger charge is -2.30. The Bertz CT molecular complexity index is 2600. The van der Waals surface area contributed by atoms with Gasteiger partial charge >= 0.3 is 0 Å². The fourth-order valence-electron chi connectivity index (χ4n) is 7.26. The number of rotatable bonds is 7. The summed E-state index contributed by atoms with van der Waals surface area (Å²) in [5.41, 5.74) is 14.2. The van der Waals surface area contributed by atoms with Gasteiger partial charge < -0.3 is 9.32 Å². The SMILES string of the molecule is c1ccc(-c2ccccc2-c2ccccc2-c2ccccc2N(c2ccccc2-c2ccccc2)c2cccc3c2oc2ccccc23)cc1. The molecule has 0 aliphatic rings. The maximum Gasteiger partial charge on any atom is 0.159 e. The van der Waals surface area contributed by atoms with E-state index >= 15 is 0 Å². The summed E-state index contributed by atoms with van der Waals surface area (Å²) < 4.78 is 6.71. The van der Waals surface area contributed by atoms with Crippen LogP contribution >= 0.6 is 0 Å². The van der Waals surface area contributed by atoms with Crippen LogP contribution in [0, 0.1) is 0 Å². The van der Waals surface area contributed by atoms with E-state index in [2.05, 4.69) is 199 Å². The minimum atomic E-state index is 0.856. The second-order valence-corrected chi connectivity index (χ2v) is 12.4. The summed E-state index contributed by atoms with van der Waals surface area (Å²) in [4.78, 5) is 2.39. The fourth-order valence-corrected chi connectivity index (χ4v) is 7.26. The Morgan fingerprint density at radius 2 is 0.700 bits per heavy atom. The van der Waals surface area contributed by atoms with Gasteiger partial charge in [0.15, 0.2) is 5.58 Å². The molecule has 2 nitrogen and oxygen atoms in total. The molecule has 50 heavy (non-hydrogen) atoms. The van der Waals surface area contributed by atoms with Gasteiger partial charge in [-0.15, -0.1) is 0 Å². The first-order valence-electron chi connectivity index (χ1n) is 17.0. The summed E-state index contributed by atoms with van der Waals surface area (Å²) in [6.45, 7) is 0.